The Bertz CT molecular complexity index is 372. The molecule has 0 aliphatic heterocycles. The zero-order chi connectivity index (χ0) is 13.6. The molecule has 0 spiro atoms. The first kappa shape index (κ1) is 14.8. The number of benzene rings is 1. The Labute approximate surface area is 110 Å². The van der Waals surface area contributed by atoms with E-state index in [1.807, 2.05) is 25.1 Å². The molecule has 0 bridgehead atoms. The molecule has 1 atom stereocenters. The first-order valence-corrected chi connectivity index (χ1v) is 6.50. The maximum atomic E-state index is 10.6. The van der Waals surface area contributed by atoms with Gasteiger partial charge in [-0.2, -0.15) is 0 Å². The van der Waals surface area contributed by atoms with E-state index >= 15 is 0 Å². The van der Waals surface area contributed by atoms with Crippen molar-refractivity contribution in [2.75, 3.05) is 14.2 Å². The highest BCUT2D eigenvalue weighted by Gasteiger charge is 2.26. The average Bonchev–Trinajstić information content (AvgIpc) is 2.38. The molecule has 0 heterocycles. The molecule has 1 N–H and O–H groups in total. The van der Waals surface area contributed by atoms with Crippen LogP contribution in [-0.4, -0.2) is 19.3 Å². The summed E-state index contributed by atoms with van der Waals surface area (Å²) in [5, 5.41) is 10.6. The van der Waals surface area contributed by atoms with Gasteiger partial charge in [-0.25, -0.2) is 0 Å². The molecule has 1 aromatic carbocycles. The summed E-state index contributed by atoms with van der Waals surface area (Å²) in [6, 6.07) is 5.54. The van der Waals surface area contributed by atoms with Gasteiger partial charge in [0.2, 0.25) is 0 Å². The Morgan fingerprint density at radius 3 is 2.44 bits per heavy atom. The summed E-state index contributed by atoms with van der Waals surface area (Å²) in [6.07, 6.45) is 4.03. The molecule has 0 radical (unpaired) electrons. The van der Waals surface area contributed by atoms with Gasteiger partial charge in [0.15, 0.2) is 0 Å². The van der Waals surface area contributed by atoms with Gasteiger partial charge in [-0.3, -0.25) is 0 Å². The van der Waals surface area contributed by atoms with Crippen molar-refractivity contribution in [1.29, 1.82) is 0 Å². The third kappa shape index (κ3) is 3.64. The normalized spacial score (nSPS) is 14.1. The second kappa shape index (κ2) is 6.64. The second-order valence-corrected chi connectivity index (χ2v) is 4.80. The van der Waals surface area contributed by atoms with E-state index in [2.05, 4.69) is 6.92 Å². The van der Waals surface area contributed by atoms with Crippen LogP contribution >= 0.6 is 0 Å². The number of unbranched alkanes of at least 4 members (excludes halogenated alkanes) is 2. The topological polar surface area (TPSA) is 38.7 Å². The van der Waals surface area contributed by atoms with Gasteiger partial charge in [-0.15, -0.1) is 0 Å². The lowest BCUT2D eigenvalue weighted by atomic mass is 9.89. The minimum atomic E-state index is -0.854. The van der Waals surface area contributed by atoms with Gasteiger partial charge in [0.25, 0.3) is 0 Å². The summed E-state index contributed by atoms with van der Waals surface area (Å²) < 4.78 is 10.5. The quantitative estimate of drug-likeness (QED) is 0.755. The lowest BCUT2D eigenvalue weighted by Crippen LogP contribution is -2.21. The summed E-state index contributed by atoms with van der Waals surface area (Å²) >= 11 is 0. The molecular formula is C15H24O3. The average molecular weight is 252 g/mol. The molecule has 0 aromatic heterocycles. The molecule has 0 aliphatic rings. The van der Waals surface area contributed by atoms with Gasteiger partial charge >= 0.3 is 0 Å². The highest BCUT2D eigenvalue weighted by atomic mass is 16.5. The molecule has 0 aliphatic carbocycles. The predicted octanol–water partition coefficient (Wildman–Crippen LogP) is 3.49. The minimum absolute atomic E-state index is 0.677. The smallest absolute Gasteiger partial charge is 0.128 e. The Balaban J connectivity index is 2.92. The highest BCUT2D eigenvalue weighted by Crippen LogP contribution is 2.36. The molecule has 102 valence electrons. The predicted molar refractivity (Wildman–Crippen MR) is 73.3 cm³/mol. The van der Waals surface area contributed by atoms with Crippen LogP contribution in [0.15, 0.2) is 18.2 Å². The fraction of sp³-hybridized carbons (Fsp3) is 0.600. The molecular weight excluding hydrogens is 228 g/mol. The molecule has 3 heteroatoms. The number of ether oxygens (including phenoxy) is 2. The van der Waals surface area contributed by atoms with Crippen LogP contribution in [-0.2, 0) is 5.60 Å². The zero-order valence-electron chi connectivity index (χ0n) is 11.8. The van der Waals surface area contributed by atoms with Crippen molar-refractivity contribution in [3.63, 3.8) is 0 Å². The van der Waals surface area contributed by atoms with E-state index in [1.165, 1.54) is 0 Å². The van der Waals surface area contributed by atoms with E-state index in [9.17, 15) is 5.11 Å². The first-order valence-electron chi connectivity index (χ1n) is 6.50. The minimum Gasteiger partial charge on any atom is -0.497 e. The number of hydrogen-bond donors (Lipinski definition) is 1. The Kier molecular flexibility index (Phi) is 5.48. The van der Waals surface area contributed by atoms with Crippen molar-refractivity contribution in [3.05, 3.63) is 23.8 Å². The standard InChI is InChI=1S/C15H24O3/c1-5-6-7-10-15(2,16)13-9-8-12(17-3)11-14(13)18-4/h8-9,11,16H,5-7,10H2,1-4H3. The lowest BCUT2D eigenvalue weighted by Gasteiger charge is -2.26. The van der Waals surface area contributed by atoms with Crippen LogP contribution in [0.25, 0.3) is 0 Å². The van der Waals surface area contributed by atoms with E-state index in [4.69, 9.17) is 9.47 Å². The van der Waals surface area contributed by atoms with Crippen LogP contribution in [0, 0.1) is 0 Å². The van der Waals surface area contributed by atoms with Crippen molar-refractivity contribution < 1.29 is 14.6 Å². The monoisotopic (exact) mass is 252 g/mol. The molecule has 18 heavy (non-hydrogen) atoms. The lowest BCUT2D eigenvalue weighted by molar-refractivity contribution is 0.0424. The molecule has 0 saturated heterocycles. The van der Waals surface area contributed by atoms with E-state index in [-0.39, 0.29) is 0 Å². The molecule has 3 nitrogen and oxygen atoms in total. The Hall–Kier alpha value is -1.22. The van der Waals surface area contributed by atoms with E-state index in [0.717, 1.165) is 37.0 Å². The van der Waals surface area contributed by atoms with Gasteiger partial charge in [0, 0.05) is 11.6 Å². The van der Waals surface area contributed by atoms with Crippen molar-refractivity contribution in [2.24, 2.45) is 0 Å². The maximum absolute atomic E-state index is 10.6. The summed E-state index contributed by atoms with van der Waals surface area (Å²) in [5.41, 5.74) is -0.0332. The van der Waals surface area contributed by atoms with Gasteiger partial charge < -0.3 is 14.6 Å². The summed E-state index contributed by atoms with van der Waals surface area (Å²) in [4.78, 5) is 0. The van der Waals surface area contributed by atoms with Crippen LogP contribution in [0.4, 0.5) is 0 Å². The fourth-order valence-corrected chi connectivity index (χ4v) is 2.10. The largest absolute Gasteiger partial charge is 0.497 e. The SMILES string of the molecule is CCCCCC(C)(O)c1ccc(OC)cc1OC. The molecule has 0 amide bonds. The number of rotatable bonds is 7. The molecule has 1 aromatic rings. The second-order valence-electron chi connectivity index (χ2n) is 4.80. The zero-order valence-corrected chi connectivity index (χ0v) is 11.8. The van der Waals surface area contributed by atoms with E-state index in [0.29, 0.717) is 5.75 Å². The van der Waals surface area contributed by atoms with Crippen LogP contribution < -0.4 is 9.47 Å². The highest BCUT2D eigenvalue weighted by molar-refractivity contribution is 5.43. The van der Waals surface area contributed by atoms with Crippen LogP contribution in [0.1, 0.15) is 45.1 Å². The van der Waals surface area contributed by atoms with Crippen LogP contribution in [0.3, 0.4) is 0 Å². The van der Waals surface area contributed by atoms with Crippen molar-refractivity contribution in [3.8, 4) is 11.5 Å². The number of aliphatic hydroxyl groups is 1. The third-order valence-electron chi connectivity index (χ3n) is 3.26. The van der Waals surface area contributed by atoms with Crippen molar-refractivity contribution in [1.82, 2.24) is 0 Å². The van der Waals surface area contributed by atoms with Gasteiger partial charge in [0.1, 0.15) is 11.5 Å². The summed E-state index contributed by atoms with van der Waals surface area (Å²) in [7, 11) is 3.23. The number of methoxy groups -OCH3 is 2. The van der Waals surface area contributed by atoms with Crippen LogP contribution in [0.5, 0.6) is 11.5 Å². The van der Waals surface area contributed by atoms with Crippen molar-refractivity contribution >= 4 is 0 Å². The molecule has 1 unspecified atom stereocenters. The van der Waals surface area contributed by atoms with Crippen LogP contribution in [0.2, 0.25) is 0 Å². The number of hydrogen-bond acceptors (Lipinski definition) is 3. The maximum Gasteiger partial charge on any atom is 0.128 e. The van der Waals surface area contributed by atoms with Gasteiger partial charge in [-0.1, -0.05) is 26.2 Å². The van der Waals surface area contributed by atoms with E-state index in [1.54, 1.807) is 14.2 Å². The first-order chi connectivity index (χ1) is 8.55. The summed E-state index contributed by atoms with van der Waals surface area (Å²) in [6.45, 7) is 4.00. The molecule has 0 saturated carbocycles. The Morgan fingerprint density at radius 1 is 1.17 bits per heavy atom. The molecule has 1 rings (SSSR count). The van der Waals surface area contributed by atoms with Crippen molar-refractivity contribution in [2.45, 2.75) is 45.1 Å². The summed E-state index contributed by atoms with van der Waals surface area (Å²) in [5.74, 6) is 1.41. The van der Waals surface area contributed by atoms with Gasteiger partial charge in [-0.05, 0) is 25.5 Å². The Morgan fingerprint density at radius 2 is 1.89 bits per heavy atom. The van der Waals surface area contributed by atoms with E-state index < -0.39 is 5.60 Å². The third-order valence-corrected chi connectivity index (χ3v) is 3.26. The molecule has 0 fully saturated rings. The fourth-order valence-electron chi connectivity index (χ4n) is 2.10. The van der Waals surface area contributed by atoms with Gasteiger partial charge in [0.05, 0.1) is 19.8 Å².